The van der Waals surface area contributed by atoms with Gasteiger partial charge in [0.25, 0.3) is 0 Å². The fourth-order valence-corrected chi connectivity index (χ4v) is 7.06. The number of benzene rings is 2. The molecule has 0 spiro atoms. The molecule has 0 saturated heterocycles. The van der Waals surface area contributed by atoms with Crippen molar-refractivity contribution in [1.82, 2.24) is 0 Å². The lowest BCUT2D eigenvalue weighted by atomic mass is 9.88. The van der Waals surface area contributed by atoms with Crippen LogP contribution in [0.2, 0.25) is 0 Å². The van der Waals surface area contributed by atoms with Gasteiger partial charge in [-0.3, -0.25) is 4.79 Å². The smallest absolute Gasteiger partial charge is 0.341 e. The lowest BCUT2D eigenvalue weighted by Crippen LogP contribution is -2.25. The molecule has 0 fully saturated rings. The van der Waals surface area contributed by atoms with Crippen molar-refractivity contribution in [2.75, 3.05) is 23.1 Å². The van der Waals surface area contributed by atoms with Crippen LogP contribution in [0, 0.1) is 12.8 Å². The molecule has 0 saturated carbocycles. The van der Waals surface area contributed by atoms with E-state index in [-0.39, 0.29) is 17.1 Å². The molecule has 1 aromatic heterocycles. The average molecular weight is 568 g/mol. The molecule has 1 heterocycles. The summed E-state index contributed by atoms with van der Waals surface area (Å²) in [4.78, 5) is 28.1. The first-order valence-corrected chi connectivity index (χ1v) is 14.8. The number of carbonyl (C=O) groups is 2. The van der Waals surface area contributed by atoms with E-state index < -0.39 is 0 Å². The third kappa shape index (κ3) is 6.95. The number of nitrogens with one attached hydrogen (secondary N) is 3. The standard InChI is InChI=1S/C29H33N3O3S3/c1-5-23(26(33)32-27-25(28(34)35-4)22-14-11-18(3)15-24(22)38-27)37-21-8-6-7-20(16-21)31-29(36)30-19-12-9-17(2)10-13-19/h6-10,12-13,16,18,23H,5,11,14-15H2,1-4H3,(H,32,33)(H2,30,31,36). The number of thiophene rings is 1. The van der Waals surface area contributed by atoms with Crippen molar-refractivity contribution >= 4 is 68.7 Å². The lowest BCUT2D eigenvalue weighted by molar-refractivity contribution is -0.115. The largest absolute Gasteiger partial charge is 0.465 e. The van der Waals surface area contributed by atoms with Crippen LogP contribution in [0.3, 0.4) is 0 Å². The number of methoxy groups -OCH3 is 1. The van der Waals surface area contributed by atoms with Gasteiger partial charge in [-0.25, -0.2) is 4.79 Å². The molecule has 9 heteroatoms. The van der Waals surface area contributed by atoms with Crippen molar-refractivity contribution in [1.29, 1.82) is 0 Å². The minimum Gasteiger partial charge on any atom is -0.465 e. The molecule has 2 aromatic carbocycles. The summed E-state index contributed by atoms with van der Waals surface area (Å²) in [6.45, 7) is 6.25. The van der Waals surface area contributed by atoms with Crippen LogP contribution in [0.1, 0.15) is 53.1 Å². The zero-order valence-corrected chi connectivity index (χ0v) is 24.5. The van der Waals surface area contributed by atoms with Gasteiger partial charge in [0, 0.05) is 21.1 Å². The Labute approximate surface area is 237 Å². The van der Waals surface area contributed by atoms with Crippen LogP contribution in [0.4, 0.5) is 16.4 Å². The summed E-state index contributed by atoms with van der Waals surface area (Å²) in [5.74, 6) is 0.0567. The highest BCUT2D eigenvalue weighted by molar-refractivity contribution is 8.00. The number of thiocarbonyl (C=S) groups is 1. The molecule has 1 amide bonds. The molecular formula is C29H33N3O3S3. The van der Waals surface area contributed by atoms with E-state index in [4.69, 9.17) is 17.0 Å². The number of hydrogen-bond donors (Lipinski definition) is 3. The van der Waals surface area contributed by atoms with E-state index in [1.54, 1.807) is 0 Å². The van der Waals surface area contributed by atoms with Crippen LogP contribution in [-0.2, 0) is 22.4 Å². The zero-order valence-electron chi connectivity index (χ0n) is 22.1. The van der Waals surface area contributed by atoms with Crippen molar-refractivity contribution in [3.05, 3.63) is 70.1 Å². The van der Waals surface area contributed by atoms with Gasteiger partial charge >= 0.3 is 5.97 Å². The van der Waals surface area contributed by atoms with Crippen molar-refractivity contribution in [3.63, 3.8) is 0 Å². The maximum Gasteiger partial charge on any atom is 0.341 e. The van der Waals surface area contributed by atoms with Crippen LogP contribution in [0.25, 0.3) is 0 Å². The summed E-state index contributed by atoms with van der Waals surface area (Å²) >= 11 is 8.48. The highest BCUT2D eigenvalue weighted by Crippen LogP contribution is 2.40. The maximum absolute atomic E-state index is 13.4. The van der Waals surface area contributed by atoms with E-state index in [0.717, 1.165) is 41.1 Å². The Balaban J connectivity index is 1.43. The topological polar surface area (TPSA) is 79.5 Å². The monoisotopic (exact) mass is 567 g/mol. The fourth-order valence-electron chi connectivity index (χ4n) is 4.41. The van der Waals surface area contributed by atoms with Gasteiger partial charge in [-0.15, -0.1) is 23.1 Å². The molecule has 0 bridgehead atoms. The third-order valence-corrected chi connectivity index (χ3v) is 9.21. The number of esters is 1. The summed E-state index contributed by atoms with van der Waals surface area (Å²) in [6.07, 6.45) is 3.42. The number of ether oxygens (including phenoxy) is 1. The second-order valence-electron chi connectivity index (χ2n) is 9.52. The predicted octanol–water partition coefficient (Wildman–Crippen LogP) is 7.29. The highest BCUT2D eigenvalue weighted by Gasteiger charge is 2.30. The Morgan fingerprint density at radius 2 is 1.87 bits per heavy atom. The summed E-state index contributed by atoms with van der Waals surface area (Å²) < 4.78 is 5.07. The van der Waals surface area contributed by atoms with E-state index in [9.17, 15) is 9.59 Å². The number of anilines is 3. The molecule has 200 valence electrons. The van der Waals surface area contributed by atoms with E-state index in [2.05, 4.69) is 22.9 Å². The van der Waals surface area contributed by atoms with E-state index in [1.807, 2.05) is 62.4 Å². The Hall–Kier alpha value is -2.88. The minimum absolute atomic E-state index is 0.121. The Kier molecular flexibility index (Phi) is 9.46. The number of aryl methyl sites for hydroxylation is 1. The molecule has 3 N–H and O–H groups in total. The molecular weight excluding hydrogens is 535 g/mol. The molecule has 2 atom stereocenters. The Morgan fingerprint density at radius 1 is 1.13 bits per heavy atom. The average Bonchev–Trinajstić information content (AvgIpc) is 3.24. The van der Waals surface area contributed by atoms with Gasteiger partial charge in [0.2, 0.25) is 5.91 Å². The van der Waals surface area contributed by atoms with Crippen molar-refractivity contribution in [2.24, 2.45) is 5.92 Å². The van der Waals surface area contributed by atoms with Gasteiger partial charge in [0.05, 0.1) is 17.9 Å². The third-order valence-electron chi connectivity index (χ3n) is 6.48. The Bertz CT molecular complexity index is 1320. The number of amides is 1. The quantitative estimate of drug-likeness (QED) is 0.150. The van der Waals surface area contributed by atoms with Crippen LogP contribution in [0.5, 0.6) is 0 Å². The van der Waals surface area contributed by atoms with E-state index in [1.165, 1.54) is 40.6 Å². The molecule has 0 radical (unpaired) electrons. The molecule has 2 unspecified atom stereocenters. The summed E-state index contributed by atoms with van der Waals surface area (Å²) in [6, 6.07) is 15.9. The highest BCUT2D eigenvalue weighted by atomic mass is 32.2. The van der Waals surface area contributed by atoms with Gasteiger partial charge in [-0.2, -0.15) is 0 Å². The van der Waals surface area contributed by atoms with Crippen molar-refractivity contribution < 1.29 is 14.3 Å². The summed E-state index contributed by atoms with van der Waals surface area (Å²) in [5, 5.41) is 10.2. The van der Waals surface area contributed by atoms with Crippen LogP contribution >= 0.6 is 35.3 Å². The molecule has 0 aliphatic heterocycles. The van der Waals surface area contributed by atoms with Crippen LogP contribution in [-0.4, -0.2) is 29.3 Å². The van der Waals surface area contributed by atoms with Gasteiger partial charge in [0.15, 0.2) is 5.11 Å². The predicted molar refractivity (Wildman–Crippen MR) is 163 cm³/mol. The zero-order chi connectivity index (χ0) is 27.2. The van der Waals surface area contributed by atoms with E-state index in [0.29, 0.717) is 28.0 Å². The number of hydrogen-bond acceptors (Lipinski definition) is 6. The normalized spacial score (nSPS) is 15.2. The van der Waals surface area contributed by atoms with Gasteiger partial charge in [0.1, 0.15) is 5.00 Å². The first-order chi connectivity index (χ1) is 18.3. The number of thioether (sulfide) groups is 1. The van der Waals surface area contributed by atoms with Crippen LogP contribution in [0.15, 0.2) is 53.4 Å². The minimum atomic E-state index is -0.387. The van der Waals surface area contributed by atoms with Gasteiger partial charge in [-0.05, 0) is 86.6 Å². The second kappa shape index (κ2) is 12.8. The van der Waals surface area contributed by atoms with Crippen molar-refractivity contribution in [2.45, 2.75) is 56.6 Å². The van der Waals surface area contributed by atoms with Gasteiger partial charge < -0.3 is 20.7 Å². The number of fused-ring (bicyclic) bond motifs is 1. The van der Waals surface area contributed by atoms with E-state index >= 15 is 0 Å². The second-order valence-corrected chi connectivity index (χ2v) is 12.3. The summed E-state index contributed by atoms with van der Waals surface area (Å²) in [5.41, 5.74) is 4.49. The maximum atomic E-state index is 13.4. The molecule has 1 aliphatic carbocycles. The molecule has 6 nitrogen and oxygen atoms in total. The number of rotatable bonds is 8. The Morgan fingerprint density at radius 3 is 2.58 bits per heavy atom. The fraction of sp³-hybridized carbons (Fsp3) is 0.345. The first-order valence-electron chi connectivity index (χ1n) is 12.7. The summed E-state index contributed by atoms with van der Waals surface area (Å²) in [7, 11) is 1.39. The SMILES string of the molecule is CCC(Sc1cccc(NC(=S)Nc2ccc(C)cc2)c1)C(=O)Nc1sc2c(c1C(=O)OC)CCC(C)C2. The molecule has 3 aromatic rings. The lowest BCUT2D eigenvalue weighted by Gasteiger charge is -2.18. The molecule has 4 rings (SSSR count). The van der Waals surface area contributed by atoms with Crippen LogP contribution < -0.4 is 16.0 Å². The molecule has 38 heavy (non-hydrogen) atoms. The molecule has 1 aliphatic rings. The van der Waals surface area contributed by atoms with Crippen molar-refractivity contribution in [3.8, 4) is 0 Å². The number of carbonyl (C=O) groups excluding carboxylic acids is 2. The first kappa shape index (κ1) is 28.1. The van der Waals surface area contributed by atoms with Gasteiger partial charge in [-0.1, -0.05) is 37.6 Å².